The van der Waals surface area contributed by atoms with E-state index >= 15 is 0 Å². The van der Waals surface area contributed by atoms with Gasteiger partial charge in [-0.2, -0.15) is 0 Å². The highest BCUT2D eigenvalue weighted by Gasteiger charge is 2.45. The van der Waals surface area contributed by atoms with E-state index in [9.17, 15) is 4.79 Å². The van der Waals surface area contributed by atoms with Gasteiger partial charge in [-0.15, -0.1) is 0 Å². The van der Waals surface area contributed by atoms with Gasteiger partial charge in [0.15, 0.2) is 0 Å². The van der Waals surface area contributed by atoms with Gasteiger partial charge in [-0.25, -0.2) is 0 Å². The maximum atomic E-state index is 12.9. The lowest BCUT2D eigenvalue weighted by Crippen LogP contribution is -2.49. The molecule has 2 fully saturated rings. The van der Waals surface area contributed by atoms with E-state index in [4.69, 9.17) is 4.74 Å². The van der Waals surface area contributed by atoms with E-state index in [0.717, 1.165) is 25.7 Å². The second kappa shape index (κ2) is 8.14. The van der Waals surface area contributed by atoms with E-state index in [1.165, 1.54) is 25.7 Å². The highest BCUT2D eigenvalue weighted by molar-refractivity contribution is 5.84. The molecule has 0 aromatic carbocycles. The number of nitrogens with one attached hydrogen (secondary N) is 1. The highest BCUT2D eigenvalue weighted by atomic mass is 16.5. The summed E-state index contributed by atoms with van der Waals surface area (Å²) in [7, 11) is 1.74. The number of nitrogens with zero attached hydrogens (tertiary/aromatic N) is 1. The highest BCUT2D eigenvalue weighted by Crippen LogP contribution is 2.34. The standard InChI is InChI=1S/C17H32N2O2/c1-4-8-14(12-21-3)19-16(13-10-6-7-11-13)18-15(9-5-2)17(19)20/h13-16,18H,4-12H2,1-3H3. The van der Waals surface area contributed by atoms with Crippen molar-refractivity contribution in [1.82, 2.24) is 10.2 Å². The van der Waals surface area contributed by atoms with Crippen molar-refractivity contribution in [2.75, 3.05) is 13.7 Å². The Balaban J connectivity index is 2.15. The molecule has 1 aliphatic heterocycles. The maximum Gasteiger partial charge on any atom is 0.241 e. The van der Waals surface area contributed by atoms with Gasteiger partial charge in [0.2, 0.25) is 5.91 Å². The predicted molar refractivity (Wildman–Crippen MR) is 85.0 cm³/mol. The monoisotopic (exact) mass is 296 g/mol. The molecule has 0 aromatic heterocycles. The molecule has 2 aliphatic rings. The summed E-state index contributed by atoms with van der Waals surface area (Å²) in [6.45, 7) is 4.99. The van der Waals surface area contributed by atoms with Crippen LogP contribution in [-0.2, 0) is 9.53 Å². The zero-order chi connectivity index (χ0) is 15.2. The van der Waals surface area contributed by atoms with Crippen molar-refractivity contribution in [3.05, 3.63) is 0 Å². The molecular formula is C17H32N2O2. The molecule has 1 aliphatic carbocycles. The summed E-state index contributed by atoms with van der Waals surface area (Å²) in [5.41, 5.74) is 0. The molecule has 1 N–H and O–H groups in total. The van der Waals surface area contributed by atoms with Crippen LogP contribution in [0.1, 0.15) is 65.2 Å². The van der Waals surface area contributed by atoms with Gasteiger partial charge in [0.1, 0.15) is 0 Å². The van der Waals surface area contributed by atoms with Crippen LogP contribution in [0.2, 0.25) is 0 Å². The van der Waals surface area contributed by atoms with E-state index < -0.39 is 0 Å². The van der Waals surface area contributed by atoms with E-state index in [1.54, 1.807) is 7.11 Å². The topological polar surface area (TPSA) is 41.6 Å². The van der Waals surface area contributed by atoms with Crippen LogP contribution in [0.4, 0.5) is 0 Å². The molecule has 2 rings (SSSR count). The van der Waals surface area contributed by atoms with Crippen LogP contribution in [0, 0.1) is 5.92 Å². The molecule has 1 saturated carbocycles. The smallest absolute Gasteiger partial charge is 0.241 e. The largest absolute Gasteiger partial charge is 0.383 e. The Kier molecular flexibility index (Phi) is 6.49. The third kappa shape index (κ3) is 3.78. The van der Waals surface area contributed by atoms with Crippen LogP contribution in [-0.4, -0.2) is 42.8 Å². The Labute approximate surface area is 129 Å². The average molecular weight is 296 g/mol. The van der Waals surface area contributed by atoms with Crippen molar-refractivity contribution in [3.63, 3.8) is 0 Å². The fourth-order valence-electron chi connectivity index (χ4n) is 4.04. The first-order valence-corrected chi connectivity index (χ1v) is 8.80. The van der Waals surface area contributed by atoms with Crippen molar-refractivity contribution < 1.29 is 9.53 Å². The second-order valence-corrected chi connectivity index (χ2v) is 6.64. The molecule has 1 amide bonds. The van der Waals surface area contributed by atoms with Gasteiger partial charge in [0, 0.05) is 7.11 Å². The second-order valence-electron chi connectivity index (χ2n) is 6.64. The molecule has 0 radical (unpaired) electrons. The van der Waals surface area contributed by atoms with Gasteiger partial charge < -0.3 is 9.64 Å². The molecule has 3 atom stereocenters. The van der Waals surface area contributed by atoms with Crippen LogP contribution in [0.15, 0.2) is 0 Å². The summed E-state index contributed by atoms with van der Waals surface area (Å²) in [6.07, 6.45) is 9.50. The third-order valence-electron chi connectivity index (χ3n) is 5.02. The number of hydrogen-bond donors (Lipinski definition) is 1. The lowest BCUT2D eigenvalue weighted by atomic mass is 10.0. The first-order valence-electron chi connectivity index (χ1n) is 8.80. The minimum absolute atomic E-state index is 0.0248. The van der Waals surface area contributed by atoms with Crippen LogP contribution >= 0.6 is 0 Å². The maximum absolute atomic E-state index is 12.9. The first kappa shape index (κ1) is 16.8. The predicted octanol–water partition coefficient (Wildman–Crippen LogP) is 2.92. The first-order chi connectivity index (χ1) is 10.2. The molecule has 122 valence electrons. The molecule has 4 heteroatoms. The number of carbonyl (C=O) groups is 1. The summed E-state index contributed by atoms with van der Waals surface area (Å²) in [5, 5.41) is 3.65. The summed E-state index contributed by atoms with van der Waals surface area (Å²) in [5.74, 6) is 0.941. The third-order valence-corrected chi connectivity index (χ3v) is 5.02. The number of amides is 1. The number of ether oxygens (including phenoxy) is 1. The summed E-state index contributed by atoms with van der Waals surface area (Å²) >= 11 is 0. The minimum Gasteiger partial charge on any atom is -0.383 e. The van der Waals surface area contributed by atoms with Gasteiger partial charge in [-0.1, -0.05) is 39.5 Å². The van der Waals surface area contributed by atoms with Gasteiger partial charge in [-0.3, -0.25) is 10.1 Å². The quantitative estimate of drug-likeness (QED) is 0.749. The number of hydrogen-bond acceptors (Lipinski definition) is 3. The fourth-order valence-corrected chi connectivity index (χ4v) is 4.04. The molecular weight excluding hydrogens is 264 g/mol. The van der Waals surface area contributed by atoms with Gasteiger partial charge >= 0.3 is 0 Å². The van der Waals surface area contributed by atoms with Gasteiger partial charge in [0.05, 0.1) is 24.9 Å². The molecule has 0 bridgehead atoms. The number of methoxy groups -OCH3 is 1. The van der Waals surface area contributed by atoms with E-state index in [-0.39, 0.29) is 18.2 Å². The van der Waals surface area contributed by atoms with Crippen molar-refractivity contribution in [2.24, 2.45) is 5.92 Å². The Bertz CT molecular complexity index is 323. The van der Waals surface area contributed by atoms with E-state index in [0.29, 0.717) is 18.4 Å². The van der Waals surface area contributed by atoms with Gasteiger partial charge in [-0.05, 0) is 31.6 Å². The Morgan fingerprint density at radius 3 is 2.57 bits per heavy atom. The summed E-state index contributed by atoms with van der Waals surface area (Å²) in [6, 6.07) is 0.254. The average Bonchev–Trinajstić information content (AvgIpc) is 3.08. The summed E-state index contributed by atoms with van der Waals surface area (Å²) in [4.78, 5) is 15.0. The van der Waals surface area contributed by atoms with Crippen LogP contribution in [0.3, 0.4) is 0 Å². The normalized spacial score (nSPS) is 28.5. The fraction of sp³-hybridized carbons (Fsp3) is 0.941. The van der Waals surface area contributed by atoms with E-state index in [2.05, 4.69) is 24.1 Å². The minimum atomic E-state index is 0.0248. The molecule has 1 heterocycles. The van der Waals surface area contributed by atoms with E-state index in [1.807, 2.05) is 0 Å². The molecule has 0 aromatic rings. The lowest BCUT2D eigenvalue weighted by molar-refractivity contribution is -0.134. The molecule has 3 unspecified atom stereocenters. The SMILES string of the molecule is CCCC1NC(C2CCCC2)N(C(CCC)COC)C1=O. The Hall–Kier alpha value is -0.610. The zero-order valence-electron chi connectivity index (χ0n) is 13.9. The van der Waals surface area contributed by atoms with Crippen LogP contribution in [0.5, 0.6) is 0 Å². The van der Waals surface area contributed by atoms with Crippen LogP contribution in [0.25, 0.3) is 0 Å². The molecule has 4 nitrogen and oxygen atoms in total. The Morgan fingerprint density at radius 2 is 2.00 bits per heavy atom. The van der Waals surface area contributed by atoms with Crippen LogP contribution < -0.4 is 5.32 Å². The van der Waals surface area contributed by atoms with Crippen molar-refractivity contribution >= 4 is 5.91 Å². The van der Waals surface area contributed by atoms with Crippen molar-refractivity contribution in [1.29, 1.82) is 0 Å². The van der Waals surface area contributed by atoms with Crippen molar-refractivity contribution in [3.8, 4) is 0 Å². The molecule has 1 saturated heterocycles. The summed E-state index contributed by atoms with van der Waals surface area (Å²) < 4.78 is 5.40. The number of rotatable bonds is 8. The lowest BCUT2D eigenvalue weighted by Gasteiger charge is -2.35. The molecule has 21 heavy (non-hydrogen) atoms. The zero-order valence-corrected chi connectivity index (χ0v) is 13.9. The number of carbonyl (C=O) groups excluding carboxylic acids is 1. The molecule has 0 spiro atoms. The van der Waals surface area contributed by atoms with Crippen molar-refractivity contribution in [2.45, 2.75) is 83.5 Å². The Morgan fingerprint density at radius 1 is 1.29 bits per heavy atom. The van der Waals surface area contributed by atoms with Gasteiger partial charge in [0.25, 0.3) is 0 Å².